The number of nitrogens with one attached hydrogen (secondary N) is 2. The van der Waals surface area contributed by atoms with E-state index in [1.54, 1.807) is 6.20 Å². The minimum Gasteiger partial charge on any atom is -0.350 e. The van der Waals surface area contributed by atoms with Crippen LogP contribution in [-0.4, -0.2) is 40.5 Å². The molecule has 1 saturated heterocycles. The molecular weight excluding hydrogens is 314 g/mol. The third kappa shape index (κ3) is 4.45. The molecule has 6 nitrogen and oxygen atoms in total. The molecule has 0 spiro atoms. The topological polar surface area (TPSA) is 71.8 Å². The van der Waals surface area contributed by atoms with Gasteiger partial charge in [0.1, 0.15) is 0 Å². The van der Waals surface area contributed by atoms with Gasteiger partial charge in [-0.3, -0.25) is 4.79 Å². The molecule has 6 heteroatoms. The Bertz CT molecular complexity index is 676. The van der Waals surface area contributed by atoms with Crippen LogP contribution in [0, 0.1) is 5.92 Å². The van der Waals surface area contributed by atoms with Gasteiger partial charge in [-0.2, -0.15) is 0 Å². The van der Waals surface area contributed by atoms with Crippen LogP contribution in [0.3, 0.4) is 0 Å². The van der Waals surface area contributed by atoms with Gasteiger partial charge in [0, 0.05) is 12.5 Å². The van der Waals surface area contributed by atoms with E-state index in [1.807, 2.05) is 22.9 Å². The van der Waals surface area contributed by atoms with Gasteiger partial charge in [0.2, 0.25) is 0 Å². The maximum absolute atomic E-state index is 12.5. The molecule has 1 aliphatic rings. The second kappa shape index (κ2) is 8.25. The molecule has 1 aliphatic heterocycles. The van der Waals surface area contributed by atoms with Gasteiger partial charge in [-0.1, -0.05) is 49.4 Å². The summed E-state index contributed by atoms with van der Waals surface area (Å²) < 4.78 is 1.84. The number of aromatic nitrogens is 3. The highest BCUT2D eigenvalue weighted by Gasteiger charge is 2.20. The summed E-state index contributed by atoms with van der Waals surface area (Å²) in [6, 6.07) is 10.7. The maximum atomic E-state index is 12.5. The van der Waals surface area contributed by atoms with Crippen LogP contribution in [0.1, 0.15) is 54.7 Å². The molecule has 3 rings (SSSR count). The molecule has 1 fully saturated rings. The Morgan fingerprint density at radius 2 is 2.00 bits per heavy atom. The fourth-order valence-corrected chi connectivity index (χ4v) is 3.36. The highest BCUT2D eigenvalue weighted by molar-refractivity contribution is 5.91. The molecule has 134 valence electrons. The smallest absolute Gasteiger partial charge is 0.273 e. The van der Waals surface area contributed by atoms with Crippen molar-refractivity contribution in [2.45, 2.75) is 38.6 Å². The molecule has 1 unspecified atom stereocenters. The lowest BCUT2D eigenvalue weighted by molar-refractivity contribution is 0.0944. The van der Waals surface area contributed by atoms with Crippen LogP contribution in [0.25, 0.3) is 0 Å². The van der Waals surface area contributed by atoms with E-state index in [4.69, 9.17) is 0 Å². The minimum atomic E-state index is -0.151. The van der Waals surface area contributed by atoms with Crippen LogP contribution >= 0.6 is 0 Å². The maximum Gasteiger partial charge on any atom is 0.273 e. The van der Waals surface area contributed by atoms with Crippen LogP contribution in [0.4, 0.5) is 0 Å². The van der Waals surface area contributed by atoms with Crippen molar-refractivity contribution in [1.82, 2.24) is 25.6 Å². The van der Waals surface area contributed by atoms with E-state index < -0.39 is 0 Å². The van der Waals surface area contributed by atoms with Gasteiger partial charge in [0.05, 0.1) is 12.2 Å². The van der Waals surface area contributed by atoms with Crippen LogP contribution in [-0.2, 0) is 0 Å². The first-order valence-corrected chi connectivity index (χ1v) is 9.11. The predicted molar refractivity (Wildman–Crippen MR) is 97.5 cm³/mol. The molecule has 0 radical (unpaired) electrons. The van der Waals surface area contributed by atoms with Crippen molar-refractivity contribution in [3.05, 3.63) is 47.8 Å². The van der Waals surface area contributed by atoms with E-state index in [-0.39, 0.29) is 11.8 Å². The third-order valence-corrected chi connectivity index (χ3v) is 4.94. The highest BCUT2D eigenvalue weighted by Crippen LogP contribution is 2.23. The summed E-state index contributed by atoms with van der Waals surface area (Å²) in [7, 11) is 0. The standard InChI is InChI=1S/C19H27N5O/c1-14(2)17(15-6-4-3-5-7-15)12-21-19(25)18-13-24(23-22-18)16-8-10-20-11-9-16/h3-7,13-14,16-17,20H,8-12H2,1-2H3,(H,21,25). The van der Waals surface area contributed by atoms with E-state index in [0.29, 0.717) is 24.2 Å². The Balaban J connectivity index is 1.61. The Morgan fingerprint density at radius 3 is 2.68 bits per heavy atom. The molecule has 1 atom stereocenters. The van der Waals surface area contributed by atoms with Gasteiger partial charge in [0.25, 0.3) is 5.91 Å². The molecular formula is C19H27N5O. The van der Waals surface area contributed by atoms with Crippen molar-refractivity contribution in [2.24, 2.45) is 5.92 Å². The number of hydrogen-bond donors (Lipinski definition) is 2. The van der Waals surface area contributed by atoms with Crippen LogP contribution in [0.2, 0.25) is 0 Å². The molecule has 0 saturated carbocycles. The fraction of sp³-hybridized carbons (Fsp3) is 0.526. The van der Waals surface area contributed by atoms with Gasteiger partial charge in [-0.25, -0.2) is 4.68 Å². The summed E-state index contributed by atoms with van der Waals surface area (Å²) in [5.41, 5.74) is 1.64. The molecule has 2 heterocycles. The summed E-state index contributed by atoms with van der Waals surface area (Å²) in [5, 5.41) is 14.6. The normalized spacial score (nSPS) is 16.8. The summed E-state index contributed by atoms with van der Waals surface area (Å²) in [6.07, 6.45) is 3.82. The number of benzene rings is 1. The second-order valence-electron chi connectivity index (χ2n) is 7.04. The van der Waals surface area contributed by atoms with E-state index in [0.717, 1.165) is 25.9 Å². The van der Waals surface area contributed by atoms with Gasteiger partial charge >= 0.3 is 0 Å². The van der Waals surface area contributed by atoms with E-state index in [2.05, 4.69) is 46.9 Å². The summed E-state index contributed by atoms with van der Waals surface area (Å²) in [4.78, 5) is 12.5. The zero-order valence-corrected chi connectivity index (χ0v) is 15.0. The second-order valence-corrected chi connectivity index (χ2v) is 7.04. The summed E-state index contributed by atoms with van der Waals surface area (Å²) in [5.74, 6) is 0.569. The highest BCUT2D eigenvalue weighted by atomic mass is 16.2. The number of carbonyl (C=O) groups excluding carboxylic acids is 1. The molecule has 1 amide bonds. The zero-order valence-electron chi connectivity index (χ0n) is 15.0. The van der Waals surface area contributed by atoms with Gasteiger partial charge in [-0.15, -0.1) is 5.10 Å². The lowest BCUT2D eigenvalue weighted by Crippen LogP contribution is -2.31. The van der Waals surface area contributed by atoms with Gasteiger partial charge in [-0.05, 0) is 37.4 Å². The van der Waals surface area contributed by atoms with E-state index >= 15 is 0 Å². The molecule has 1 aromatic carbocycles. The van der Waals surface area contributed by atoms with E-state index in [9.17, 15) is 4.79 Å². The SMILES string of the molecule is CC(C)C(CNC(=O)c1cn(C2CCNCC2)nn1)c1ccccc1. The van der Waals surface area contributed by atoms with Crippen molar-refractivity contribution in [1.29, 1.82) is 0 Å². The average molecular weight is 341 g/mol. The average Bonchev–Trinajstić information content (AvgIpc) is 3.13. The number of rotatable bonds is 6. The van der Waals surface area contributed by atoms with Crippen molar-refractivity contribution in [3.63, 3.8) is 0 Å². The Kier molecular flexibility index (Phi) is 5.81. The summed E-state index contributed by atoms with van der Waals surface area (Å²) in [6.45, 7) is 6.92. The van der Waals surface area contributed by atoms with Crippen LogP contribution in [0.15, 0.2) is 36.5 Å². The lowest BCUT2D eigenvalue weighted by atomic mass is 9.88. The summed E-state index contributed by atoms with van der Waals surface area (Å²) >= 11 is 0. The van der Waals surface area contributed by atoms with Crippen LogP contribution in [0.5, 0.6) is 0 Å². The molecule has 1 aromatic heterocycles. The number of piperidine rings is 1. The molecule has 25 heavy (non-hydrogen) atoms. The van der Waals surface area contributed by atoms with Gasteiger partial charge < -0.3 is 10.6 Å². The largest absolute Gasteiger partial charge is 0.350 e. The van der Waals surface area contributed by atoms with Crippen molar-refractivity contribution in [3.8, 4) is 0 Å². The van der Waals surface area contributed by atoms with Crippen LogP contribution < -0.4 is 10.6 Å². The number of hydrogen-bond acceptors (Lipinski definition) is 4. The Hall–Kier alpha value is -2.21. The monoisotopic (exact) mass is 341 g/mol. The Labute approximate surface area is 149 Å². The first-order chi connectivity index (χ1) is 12.1. The molecule has 0 bridgehead atoms. The van der Waals surface area contributed by atoms with Gasteiger partial charge in [0.15, 0.2) is 5.69 Å². The van der Waals surface area contributed by atoms with Crippen molar-refractivity contribution < 1.29 is 4.79 Å². The number of amides is 1. The lowest BCUT2D eigenvalue weighted by Gasteiger charge is -2.22. The quantitative estimate of drug-likeness (QED) is 0.846. The molecule has 0 aliphatic carbocycles. The minimum absolute atomic E-state index is 0.151. The third-order valence-electron chi connectivity index (χ3n) is 4.94. The van der Waals surface area contributed by atoms with Crippen molar-refractivity contribution in [2.75, 3.05) is 19.6 Å². The number of carbonyl (C=O) groups is 1. The fourth-order valence-electron chi connectivity index (χ4n) is 3.36. The molecule has 2 aromatic rings. The predicted octanol–water partition coefficient (Wildman–Crippen LogP) is 2.37. The number of nitrogens with zero attached hydrogens (tertiary/aromatic N) is 3. The van der Waals surface area contributed by atoms with Crippen molar-refractivity contribution >= 4 is 5.91 Å². The Morgan fingerprint density at radius 1 is 1.28 bits per heavy atom. The first kappa shape index (κ1) is 17.6. The first-order valence-electron chi connectivity index (χ1n) is 9.11. The van der Waals surface area contributed by atoms with E-state index in [1.165, 1.54) is 5.56 Å². The zero-order chi connectivity index (χ0) is 17.6. The molecule has 2 N–H and O–H groups in total.